The van der Waals surface area contributed by atoms with Gasteiger partial charge in [0.2, 0.25) is 0 Å². The number of alkyl halides is 3. The molecule has 0 fully saturated rings. The van der Waals surface area contributed by atoms with E-state index in [9.17, 15) is 22.8 Å². The fraction of sp³-hybridized carbons (Fsp3) is 0.429. The molecule has 8 heteroatoms. The summed E-state index contributed by atoms with van der Waals surface area (Å²) in [6, 6.07) is 2.27. The number of carbonyl (C=O) groups is 2. The summed E-state index contributed by atoms with van der Waals surface area (Å²) in [5.41, 5.74) is 0.773. The summed E-state index contributed by atoms with van der Waals surface area (Å²) in [6.07, 6.45) is -4.24. The van der Waals surface area contributed by atoms with Gasteiger partial charge in [-0.25, -0.2) is 0 Å². The Morgan fingerprint density at radius 1 is 1.27 bits per heavy atom. The zero-order valence-corrected chi connectivity index (χ0v) is 12.3. The van der Waals surface area contributed by atoms with E-state index in [-0.39, 0.29) is 23.5 Å². The lowest BCUT2D eigenvalue weighted by Crippen LogP contribution is -2.42. The molecule has 0 radical (unpaired) electrons. The first-order valence-electron chi connectivity index (χ1n) is 6.30. The number of methoxy groups -OCH3 is 2. The molecule has 1 aromatic rings. The largest absolute Gasteiger partial charge is 0.496 e. The second-order valence-corrected chi connectivity index (χ2v) is 4.61. The number of amides is 1. The molecular formula is C14H16F3NO4. The zero-order chi connectivity index (χ0) is 16.9. The van der Waals surface area contributed by atoms with Crippen molar-refractivity contribution in [1.82, 2.24) is 5.32 Å². The molecule has 0 saturated carbocycles. The Hall–Kier alpha value is -2.25. The van der Waals surface area contributed by atoms with Gasteiger partial charge in [-0.2, -0.15) is 13.2 Å². The van der Waals surface area contributed by atoms with Crippen LogP contribution in [0.3, 0.4) is 0 Å². The number of nitrogens with one attached hydrogen (secondary N) is 1. The fourth-order valence-corrected chi connectivity index (χ4v) is 1.94. The minimum Gasteiger partial charge on any atom is -0.496 e. The number of ether oxygens (including phenoxy) is 2. The van der Waals surface area contributed by atoms with Gasteiger partial charge in [-0.3, -0.25) is 9.59 Å². The molecule has 0 heterocycles. The van der Waals surface area contributed by atoms with E-state index in [0.717, 1.165) is 0 Å². The van der Waals surface area contributed by atoms with Gasteiger partial charge < -0.3 is 14.8 Å². The van der Waals surface area contributed by atoms with E-state index in [0.29, 0.717) is 11.8 Å². The van der Waals surface area contributed by atoms with E-state index in [1.54, 1.807) is 0 Å². The smallest absolute Gasteiger partial charge is 0.471 e. The highest BCUT2D eigenvalue weighted by Gasteiger charge is 2.39. The van der Waals surface area contributed by atoms with Gasteiger partial charge in [0.05, 0.1) is 19.8 Å². The van der Waals surface area contributed by atoms with E-state index in [4.69, 9.17) is 9.47 Å². The molecule has 1 aromatic carbocycles. The minimum absolute atomic E-state index is 0.119. The Balaban J connectivity index is 2.94. The van der Waals surface area contributed by atoms with Crippen molar-refractivity contribution in [3.63, 3.8) is 0 Å². The quantitative estimate of drug-likeness (QED) is 0.816. The van der Waals surface area contributed by atoms with Crippen molar-refractivity contribution >= 4 is 12.2 Å². The third-order valence-electron chi connectivity index (χ3n) is 2.90. The van der Waals surface area contributed by atoms with Crippen LogP contribution in [-0.2, 0) is 11.2 Å². The zero-order valence-electron chi connectivity index (χ0n) is 12.3. The topological polar surface area (TPSA) is 64.6 Å². The third kappa shape index (κ3) is 4.37. The molecule has 0 aliphatic carbocycles. The van der Waals surface area contributed by atoms with Gasteiger partial charge in [-0.15, -0.1) is 0 Å². The molecule has 0 bridgehead atoms. The van der Waals surface area contributed by atoms with Gasteiger partial charge in [-0.1, -0.05) is 0 Å². The molecule has 1 rings (SSSR count). The molecule has 0 saturated heterocycles. The molecule has 0 aliphatic heterocycles. The number of hydrogen-bond acceptors (Lipinski definition) is 4. The maximum absolute atomic E-state index is 12.2. The van der Waals surface area contributed by atoms with Crippen molar-refractivity contribution < 1.29 is 32.2 Å². The first-order valence-corrected chi connectivity index (χ1v) is 6.30. The van der Waals surface area contributed by atoms with Crippen LogP contribution in [0.4, 0.5) is 13.2 Å². The lowest BCUT2D eigenvalue weighted by molar-refractivity contribution is -0.174. The summed E-state index contributed by atoms with van der Waals surface area (Å²) in [6.45, 7) is 1.44. The van der Waals surface area contributed by atoms with Gasteiger partial charge in [-0.05, 0) is 31.0 Å². The van der Waals surface area contributed by atoms with E-state index in [1.807, 2.05) is 5.32 Å². The fourth-order valence-electron chi connectivity index (χ4n) is 1.94. The summed E-state index contributed by atoms with van der Waals surface area (Å²) in [5.74, 6) is -1.50. The van der Waals surface area contributed by atoms with Gasteiger partial charge >= 0.3 is 12.1 Å². The van der Waals surface area contributed by atoms with Crippen LogP contribution in [0.1, 0.15) is 22.8 Å². The highest BCUT2D eigenvalue weighted by molar-refractivity contribution is 5.84. The third-order valence-corrected chi connectivity index (χ3v) is 2.90. The molecule has 1 atom stereocenters. The maximum atomic E-state index is 12.2. The normalized spacial score (nSPS) is 12.5. The van der Waals surface area contributed by atoms with Crippen LogP contribution in [0.2, 0.25) is 0 Å². The highest BCUT2D eigenvalue weighted by Crippen LogP contribution is 2.29. The van der Waals surface area contributed by atoms with Crippen LogP contribution in [0.25, 0.3) is 0 Å². The maximum Gasteiger partial charge on any atom is 0.471 e. The average molecular weight is 319 g/mol. The molecule has 0 aliphatic rings. The van der Waals surface area contributed by atoms with Crippen LogP contribution in [0.15, 0.2) is 12.1 Å². The van der Waals surface area contributed by atoms with Crippen molar-refractivity contribution in [3.05, 3.63) is 23.3 Å². The van der Waals surface area contributed by atoms with Gasteiger partial charge in [0.15, 0.2) is 6.29 Å². The Labute approximate surface area is 125 Å². The Bertz CT molecular complexity index is 533. The number of aldehydes is 1. The molecule has 1 amide bonds. The van der Waals surface area contributed by atoms with Crippen LogP contribution < -0.4 is 14.8 Å². The molecule has 1 unspecified atom stereocenters. The predicted octanol–water partition coefficient (Wildman–Crippen LogP) is 2.13. The van der Waals surface area contributed by atoms with Crippen molar-refractivity contribution in [2.75, 3.05) is 14.2 Å². The van der Waals surface area contributed by atoms with Crippen molar-refractivity contribution in [2.45, 2.75) is 25.6 Å². The highest BCUT2D eigenvalue weighted by atomic mass is 19.4. The van der Waals surface area contributed by atoms with Crippen LogP contribution >= 0.6 is 0 Å². The minimum atomic E-state index is -4.93. The summed E-state index contributed by atoms with van der Waals surface area (Å²) in [7, 11) is 2.72. The second-order valence-electron chi connectivity index (χ2n) is 4.61. The molecule has 1 N–H and O–H groups in total. The Morgan fingerprint density at radius 2 is 1.77 bits per heavy atom. The van der Waals surface area contributed by atoms with Gasteiger partial charge in [0, 0.05) is 6.04 Å². The average Bonchev–Trinajstić information content (AvgIpc) is 2.44. The molecule has 0 aromatic heterocycles. The number of hydrogen-bond donors (Lipinski definition) is 1. The van der Waals surface area contributed by atoms with Crippen LogP contribution in [-0.4, -0.2) is 38.6 Å². The van der Waals surface area contributed by atoms with E-state index in [1.165, 1.54) is 33.3 Å². The lowest BCUT2D eigenvalue weighted by atomic mass is 10.0. The SMILES string of the molecule is COc1cc(CC(C)NC(=O)C(F)(F)F)cc(OC)c1C=O. The van der Waals surface area contributed by atoms with Crippen molar-refractivity contribution in [3.8, 4) is 11.5 Å². The second kappa shape index (κ2) is 7.15. The number of benzene rings is 1. The standard InChI is InChI=1S/C14H16F3NO4/c1-8(18-13(20)14(15,16)17)4-9-5-11(21-2)10(7-19)12(6-9)22-3/h5-8H,4H2,1-3H3,(H,18,20). The van der Waals surface area contributed by atoms with Crippen LogP contribution in [0.5, 0.6) is 11.5 Å². The van der Waals surface area contributed by atoms with E-state index in [2.05, 4.69) is 0 Å². The summed E-state index contributed by atoms with van der Waals surface area (Å²) in [5, 5.41) is 1.86. The molecule has 0 spiro atoms. The molecule has 122 valence electrons. The molecule has 22 heavy (non-hydrogen) atoms. The predicted molar refractivity (Wildman–Crippen MR) is 72.3 cm³/mol. The van der Waals surface area contributed by atoms with Crippen molar-refractivity contribution in [2.24, 2.45) is 0 Å². The number of rotatable bonds is 6. The monoisotopic (exact) mass is 319 g/mol. The first-order chi connectivity index (χ1) is 10.2. The Kier molecular flexibility index (Phi) is 5.78. The molecular weight excluding hydrogens is 303 g/mol. The van der Waals surface area contributed by atoms with Crippen molar-refractivity contribution in [1.29, 1.82) is 0 Å². The number of carbonyl (C=O) groups excluding carboxylic acids is 2. The first kappa shape index (κ1) is 17.8. The number of halogens is 3. The van der Waals surface area contributed by atoms with Gasteiger partial charge in [0.1, 0.15) is 11.5 Å². The lowest BCUT2D eigenvalue weighted by Gasteiger charge is -2.17. The van der Waals surface area contributed by atoms with Gasteiger partial charge in [0.25, 0.3) is 0 Å². The Morgan fingerprint density at radius 3 is 2.14 bits per heavy atom. The summed E-state index contributed by atoms with van der Waals surface area (Å²) >= 11 is 0. The van der Waals surface area contributed by atoms with Crippen LogP contribution in [0, 0.1) is 0 Å². The summed E-state index contributed by atoms with van der Waals surface area (Å²) in [4.78, 5) is 21.9. The van der Waals surface area contributed by atoms with E-state index < -0.39 is 18.1 Å². The summed E-state index contributed by atoms with van der Waals surface area (Å²) < 4.78 is 46.7. The molecule has 5 nitrogen and oxygen atoms in total. The van der Waals surface area contributed by atoms with E-state index >= 15 is 0 Å².